The molecule has 1 aromatic carbocycles. The van der Waals surface area contributed by atoms with E-state index in [0.29, 0.717) is 12.2 Å². The van der Waals surface area contributed by atoms with E-state index < -0.39 is 0 Å². The Hall–Kier alpha value is -1.41. The van der Waals surface area contributed by atoms with Gasteiger partial charge in [-0.25, -0.2) is 0 Å². The summed E-state index contributed by atoms with van der Waals surface area (Å²) in [6.07, 6.45) is 2.27. The first-order valence-corrected chi connectivity index (χ1v) is 7.72. The number of hydrogen-bond donors (Lipinski definition) is 0. The molecular formula is C17H20OS. The molecule has 2 heteroatoms. The molecule has 1 nitrogen and oxygen atoms in total. The third-order valence-electron chi connectivity index (χ3n) is 3.98. The summed E-state index contributed by atoms with van der Waals surface area (Å²) < 4.78 is 0. The lowest BCUT2D eigenvalue weighted by Crippen LogP contribution is -2.35. The van der Waals surface area contributed by atoms with Crippen LogP contribution in [-0.2, 0) is 16.6 Å². The van der Waals surface area contributed by atoms with E-state index >= 15 is 0 Å². The van der Waals surface area contributed by atoms with E-state index in [0.717, 1.165) is 23.3 Å². The molecule has 0 saturated heterocycles. The van der Waals surface area contributed by atoms with E-state index in [1.54, 1.807) is 11.3 Å². The van der Waals surface area contributed by atoms with Crippen molar-refractivity contribution in [3.8, 4) is 0 Å². The van der Waals surface area contributed by atoms with Gasteiger partial charge in [-0.05, 0) is 29.9 Å². The highest BCUT2D eigenvalue weighted by molar-refractivity contribution is 7.10. The van der Waals surface area contributed by atoms with Gasteiger partial charge in [-0.2, -0.15) is 0 Å². The minimum absolute atomic E-state index is 0.328. The van der Waals surface area contributed by atoms with Gasteiger partial charge in [0.2, 0.25) is 0 Å². The maximum absolute atomic E-state index is 12.8. The summed E-state index contributed by atoms with van der Waals surface area (Å²) in [4.78, 5) is 14.0. The van der Waals surface area contributed by atoms with E-state index in [2.05, 4.69) is 26.0 Å². The van der Waals surface area contributed by atoms with Crippen molar-refractivity contribution in [1.82, 2.24) is 0 Å². The molecule has 0 N–H and O–H groups in total. The van der Waals surface area contributed by atoms with E-state index in [1.807, 2.05) is 35.7 Å². The Morgan fingerprint density at radius 3 is 2.26 bits per heavy atom. The summed E-state index contributed by atoms with van der Waals surface area (Å²) in [5.41, 5.74) is 0.826. The number of benzene rings is 1. The van der Waals surface area contributed by atoms with Crippen molar-refractivity contribution in [1.29, 1.82) is 0 Å². The fourth-order valence-corrected chi connectivity index (χ4v) is 3.41. The molecule has 1 heterocycles. The highest BCUT2D eigenvalue weighted by atomic mass is 32.1. The van der Waals surface area contributed by atoms with Crippen molar-refractivity contribution in [2.75, 3.05) is 0 Å². The van der Waals surface area contributed by atoms with Crippen LogP contribution in [-0.4, -0.2) is 5.78 Å². The van der Waals surface area contributed by atoms with Crippen LogP contribution in [0.15, 0.2) is 47.8 Å². The second-order valence-electron chi connectivity index (χ2n) is 4.83. The molecule has 19 heavy (non-hydrogen) atoms. The molecule has 0 amide bonds. The van der Waals surface area contributed by atoms with Gasteiger partial charge in [0.15, 0.2) is 0 Å². The summed E-state index contributed by atoms with van der Waals surface area (Å²) in [6, 6.07) is 14.3. The lowest BCUT2D eigenvalue weighted by Gasteiger charge is -2.30. The van der Waals surface area contributed by atoms with Crippen LogP contribution in [0.1, 0.15) is 37.1 Å². The Bertz CT molecular complexity index is 509. The van der Waals surface area contributed by atoms with Crippen LogP contribution >= 0.6 is 11.3 Å². The molecule has 0 aliphatic rings. The molecule has 2 rings (SSSR count). The van der Waals surface area contributed by atoms with E-state index in [4.69, 9.17) is 0 Å². The van der Waals surface area contributed by atoms with Crippen molar-refractivity contribution in [3.05, 3.63) is 58.3 Å². The first kappa shape index (κ1) is 14.0. The lowest BCUT2D eigenvalue weighted by atomic mass is 9.71. The van der Waals surface area contributed by atoms with Crippen molar-refractivity contribution in [3.63, 3.8) is 0 Å². The van der Waals surface area contributed by atoms with Gasteiger partial charge in [-0.1, -0.05) is 50.2 Å². The molecule has 0 aliphatic heterocycles. The van der Waals surface area contributed by atoms with Gasteiger partial charge < -0.3 is 0 Å². The fourth-order valence-electron chi connectivity index (χ4n) is 2.71. The summed E-state index contributed by atoms with van der Waals surface area (Å²) >= 11 is 1.66. The Morgan fingerprint density at radius 2 is 1.74 bits per heavy atom. The number of hydrogen-bond acceptors (Lipinski definition) is 2. The zero-order valence-electron chi connectivity index (χ0n) is 11.6. The highest BCUT2D eigenvalue weighted by Crippen LogP contribution is 2.34. The second-order valence-corrected chi connectivity index (χ2v) is 5.87. The van der Waals surface area contributed by atoms with E-state index in [1.165, 1.54) is 0 Å². The van der Waals surface area contributed by atoms with Gasteiger partial charge >= 0.3 is 0 Å². The Labute approximate surface area is 119 Å². The van der Waals surface area contributed by atoms with Crippen LogP contribution in [0.25, 0.3) is 0 Å². The van der Waals surface area contributed by atoms with Crippen LogP contribution in [0.5, 0.6) is 0 Å². The molecule has 2 aromatic rings. The Morgan fingerprint density at radius 1 is 1.05 bits per heavy atom. The van der Waals surface area contributed by atoms with Gasteiger partial charge in [0.1, 0.15) is 5.78 Å². The van der Waals surface area contributed by atoms with Gasteiger partial charge in [0.05, 0.1) is 5.41 Å². The molecule has 0 fully saturated rings. The molecule has 1 aromatic heterocycles. The molecule has 100 valence electrons. The van der Waals surface area contributed by atoms with E-state index in [-0.39, 0.29) is 5.41 Å². The normalized spacial score (nSPS) is 11.5. The van der Waals surface area contributed by atoms with Gasteiger partial charge in [0, 0.05) is 11.3 Å². The standard InChI is InChI=1S/C17H20OS/c1-3-17(4-2,14-9-6-5-7-10-14)16(18)13-15-11-8-12-19-15/h5-12H,3-4,13H2,1-2H3. The van der Waals surface area contributed by atoms with Crippen LogP contribution in [0, 0.1) is 0 Å². The quantitative estimate of drug-likeness (QED) is 0.750. The van der Waals surface area contributed by atoms with Crippen LogP contribution in [0.2, 0.25) is 0 Å². The van der Waals surface area contributed by atoms with Gasteiger partial charge in [0.25, 0.3) is 0 Å². The average molecular weight is 272 g/mol. The number of thiophene rings is 1. The number of rotatable bonds is 6. The zero-order valence-corrected chi connectivity index (χ0v) is 12.4. The zero-order chi connectivity index (χ0) is 13.7. The monoisotopic (exact) mass is 272 g/mol. The summed E-state index contributed by atoms with van der Waals surface area (Å²) in [5, 5.41) is 2.03. The molecule has 0 saturated carbocycles. The third kappa shape index (κ3) is 2.79. The maximum atomic E-state index is 12.8. The number of Topliss-reactive ketones (excluding diaryl/α,β-unsaturated/α-hetero) is 1. The lowest BCUT2D eigenvalue weighted by molar-refractivity contribution is -0.124. The van der Waals surface area contributed by atoms with Crippen LogP contribution < -0.4 is 0 Å². The molecule has 0 aliphatic carbocycles. The van der Waals surface area contributed by atoms with Gasteiger partial charge in [-0.3, -0.25) is 4.79 Å². The fraction of sp³-hybridized carbons (Fsp3) is 0.353. The predicted octanol–water partition coefficient (Wildman–Crippen LogP) is 4.62. The average Bonchev–Trinajstić information content (AvgIpc) is 2.95. The first-order valence-electron chi connectivity index (χ1n) is 6.84. The number of ketones is 1. The number of carbonyl (C=O) groups excluding carboxylic acids is 1. The van der Waals surface area contributed by atoms with Crippen molar-refractivity contribution < 1.29 is 4.79 Å². The predicted molar refractivity (Wildman–Crippen MR) is 81.7 cm³/mol. The SMILES string of the molecule is CCC(CC)(C(=O)Cc1cccs1)c1ccccc1. The van der Waals surface area contributed by atoms with Crippen LogP contribution in [0.4, 0.5) is 0 Å². The summed E-state index contributed by atoms with van der Waals surface area (Å²) in [6.45, 7) is 4.23. The van der Waals surface area contributed by atoms with Crippen molar-refractivity contribution in [2.24, 2.45) is 0 Å². The van der Waals surface area contributed by atoms with Crippen molar-refractivity contribution in [2.45, 2.75) is 38.5 Å². The van der Waals surface area contributed by atoms with E-state index in [9.17, 15) is 4.79 Å². The highest BCUT2D eigenvalue weighted by Gasteiger charge is 2.36. The molecular weight excluding hydrogens is 252 g/mol. The largest absolute Gasteiger partial charge is 0.298 e. The van der Waals surface area contributed by atoms with Crippen LogP contribution in [0.3, 0.4) is 0 Å². The second kappa shape index (κ2) is 6.16. The minimum Gasteiger partial charge on any atom is -0.298 e. The minimum atomic E-state index is -0.328. The molecule has 0 atom stereocenters. The molecule has 0 unspecified atom stereocenters. The van der Waals surface area contributed by atoms with Crippen molar-refractivity contribution >= 4 is 17.1 Å². The summed E-state index contributed by atoms with van der Waals surface area (Å²) in [7, 11) is 0. The first-order chi connectivity index (χ1) is 9.23. The maximum Gasteiger partial charge on any atom is 0.148 e. The number of carbonyl (C=O) groups is 1. The molecule has 0 spiro atoms. The van der Waals surface area contributed by atoms with Gasteiger partial charge in [-0.15, -0.1) is 11.3 Å². The summed E-state index contributed by atoms with van der Waals surface area (Å²) in [5.74, 6) is 0.339. The smallest absolute Gasteiger partial charge is 0.148 e. The Balaban J connectivity index is 2.31. The molecule has 0 radical (unpaired) electrons. The topological polar surface area (TPSA) is 17.1 Å². The third-order valence-corrected chi connectivity index (χ3v) is 4.86. The molecule has 0 bridgehead atoms. The Kier molecular flexibility index (Phi) is 4.54.